The van der Waals surface area contributed by atoms with Gasteiger partial charge in [-0.25, -0.2) is 9.18 Å². The van der Waals surface area contributed by atoms with Crippen LogP contribution in [0.25, 0.3) is 0 Å². The molecule has 0 fully saturated rings. The second-order valence-electron chi connectivity index (χ2n) is 4.34. The summed E-state index contributed by atoms with van der Waals surface area (Å²) in [5.74, 6) is -2.24. The molecule has 1 aliphatic heterocycles. The van der Waals surface area contributed by atoms with E-state index in [1.165, 1.54) is 0 Å². The van der Waals surface area contributed by atoms with Crippen LogP contribution in [-0.2, 0) is 19.0 Å². The molecule has 98 valence electrons. The molecule has 0 saturated carbocycles. The third kappa shape index (κ3) is 2.88. The highest BCUT2D eigenvalue weighted by Gasteiger charge is 2.48. The lowest BCUT2D eigenvalue weighted by molar-refractivity contribution is -0.168. The maximum atomic E-state index is 14.1. The Morgan fingerprint density at radius 2 is 2.29 bits per heavy atom. The van der Waals surface area contributed by atoms with Crippen molar-refractivity contribution in [2.75, 3.05) is 6.61 Å². The summed E-state index contributed by atoms with van der Waals surface area (Å²) in [5, 5.41) is 9.76. The van der Waals surface area contributed by atoms with Crippen molar-refractivity contribution in [2.45, 2.75) is 45.3 Å². The van der Waals surface area contributed by atoms with E-state index in [1.54, 1.807) is 20.8 Å². The second-order valence-corrected chi connectivity index (χ2v) is 4.34. The quantitative estimate of drug-likeness (QED) is 0.759. The summed E-state index contributed by atoms with van der Waals surface area (Å²) in [6.45, 7) is 5.72. The van der Waals surface area contributed by atoms with Crippen molar-refractivity contribution in [2.24, 2.45) is 0 Å². The molecule has 1 aliphatic rings. The van der Waals surface area contributed by atoms with Gasteiger partial charge in [0, 0.05) is 13.8 Å². The first-order chi connectivity index (χ1) is 7.70. The van der Waals surface area contributed by atoms with Gasteiger partial charge in [0.2, 0.25) is 11.5 Å². The predicted molar refractivity (Wildman–Crippen MR) is 56.5 cm³/mol. The third-order valence-corrected chi connectivity index (χ3v) is 2.28. The number of alkyl halides is 1. The van der Waals surface area contributed by atoms with Crippen LogP contribution in [0.5, 0.6) is 0 Å². The lowest BCUT2D eigenvalue weighted by atomic mass is 10.00. The van der Waals surface area contributed by atoms with Crippen LogP contribution in [0.2, 0.25) is 0 Å². The molecule has 6 heteroatoms. The molecule has 1 rings (SSSR count). The number of carbonyl (C=O) groups is 1. The van der Waals surface area contributed by atoms with Gasteiger partial charge in [-0.05, 0) is 13.8 Å². The van der Waals surface area contributed by atoms with Gasteiger partial charge < -0.3 is 19.3 Å². The summed E-state index contributed by atoms with van der Waals surface area (Å²) in [5.41, 5.74) is -2.58. The van der Waals surface area contributed by atoms with Crippen LogP contribution < -0.4 is 0 Å². The summed E-state index contributed by atoms with van der Waals surface area (Å²) in [4.78, 5) is 11.3. The van der Waals surface area contributed by atoms with Gasteiger partial charge in [-0.1, -0.05) is 0 Å². The summed E-state index contributed by atoms with van der Waals surface area (Å²) >= 11 is 0. The minimum absolute atomic E-state index is 0.0347. The van der Waals surface area contributed by atoms with E-state index in [1.807, 2.05) is 0 Å². The van der Waals surface area contributed by atoms with Gasteiger partial charge in [0.25, 0.3) is 0 Å². The molecule has 0 unspecified atom stereocenters. The predicted octanol–water partition coefficient (Wildman–Crippen LogP) is 1.26. The van der Waals surface area contributed by atoms with Crippen molar-refractivity contribution in [3.63, 3.8) is 0 Å². The van der Waals surface area contributed by atoms with E-state index in [0.29, 0.717) is 0 Å². The normalized spacial score (nSPS) is 22.8. The number of halogens is 1. The number of carbonyl (C=O) groups excluding carboxylic acids is 1. The van der Waals surface area contributed by atoms with E-state index in [4.69, 9.17) is 9.47 Å². The van der Waals surface area contributed by atoms with Crippen LogP contribution in [0.4, 0.5) is 4.39 Å². The van der Waals surface area contributed by atoms with Crippen molar-refractivity contribution in [1.82, 2.24) is 0 Å². The fraction of sp³-hybridized carbons (Fsp3) is 0.727. The number of hydrogen-bond donors (Lipinski definition) is 1. The zero-order valence-corrected chi connectivity index (χ0v) is 10.3. The average Bonchev–Trinajstić information content (AvgIpc) is 2.58. The Balaban J connectivity index is 2.76. The smallest absolute Gasteiger partial charge is 0.346 e. The molecule has 0 aromatic carbocycles. The third-order valence-electron chi connectivity index (χ3n) is 2.28. The average molecular weight is 248 g/mol. The maximum Gasteiger partial charge on any atom is 0.346 e. The lowest BCUT2D eigenvalue weighted by Gasteiger charge is -2.26. The monoisotopic (exact) mass is 248 g/mol. The van der Waals surface area contributed by atoms with Gasteiger partial charge in [-0.2, -0.15) is 0 Å². The van der Waals surface area contributed by atoms with Gasteiger partial charge >= 0.3 is 5.97 Å². The van der Waals surface area contributed by atoms with Crippen molar-refractivity contribution >= 4 is 5.97 Å². The fourth-order valence-electron chi connectivity index (χ4n) is 1.30. The second kappa shape index (κ2) is 4.52. The molecule has 5 nitrogen and oxygen atoms in total. The Bertz CT molecular complexity index is 335. The molecule has 0 saturated heterocycles. The molecule has 0 bridgehead atoms. The van der Waals surface area contributed by atoms with Gasteiger partial charge in [-0.3, -0.25) is 0 Å². The standard InChI is InChI=1S/C11H17FO5/c1-5-15-9(14)11(4,12)8(13)7-6-16-10(2,3)17-7/h6,8,13H,5H2,1-4H3/t8-,11-/m0/s1. The lowest BCUT2D eigenvalue weighted by Crippen LogP contribution is -2.45. The van der Waals surface area contributed by atoms with Crippen LogP contribution in [-0.4, -0.2) is 35.2 Å². The van der Waals surface area contributed by atoms with E-state index < -0.39 is 23.5 Å². The molecular formula is C11H17FO5. The molecule has 0 radical (unpaired) electrons. The minimum atomic E-state index is -2.58. The highest BCUT2D eigenvalue weighted by molar-refractivity contribution is 5.80. The minimum Gasteiger partial charge on any atom is -0.464 e. The summed E-state index contributed by atoms with van der Waals surface area (Å²) in [6.07, 6.45) is -0.662. The SMILES string of the molecule is CCOC(=O)[C@@](C)(F)[C@@H](O)C1=COC(C)(C)O1. The van der Waals surface area contributed by atoms with Gasteiger partial charge in [0.05, 0.1) is 6.61 Å². The van der Waals surface area contributed by atoms with E-state index in [-0.39, 0.29) is 12.4 Å². The molecule has 0 spiro atoms. The number of esters is 1. The van der Waals surface area contributed by atoms with Crippen LogP contribution in [0.3, 0.4) is 0 Å². The van der Waals surface area contributed by atoms with Gasteiger partial charge in [-0.15, -0.1) is 0 Å². The first kappa shape index (κ1) is 13.8. The highest BCUT2D eigenvalue weighted by atomic mass is 19.1. The van der Waals surface area contributed by atoms with Crippen molar-refractivity contribution in [3.8, 4) is 0 Å². The summed E-state index contributed by atoms with van der Waals surface area (Å²) < 4.78 is 28.8. The zero-order valence-electron chi connectivity index (χ0n) is 10.3. The summed E-state index contributed by atoms with van der Waals surface area (Å²) in [6, 6.07) is 0. The number of ether oxygens (including phenoxy) is 3. The fourth-order valence-corrected chi connectivity index (χ4v) is 1.30. The molecule has 17 heavy (non-hydrogen) atoms. The van der Waals surface area contributed by atoms with Crippen LogP contribution in [0.1, 0.15) is 27.7 Å². The van der Waals surface area contributed by atoms with E-state index in [2.05, 4.69) is 4.74 Å². The zero-order chi connectivity index (χ0) is 13.3. The Labute approximate surface area is 99.2 Å². The molecule has 0 amide bonds. The Hall–Kier alpha value is -1.30. The molecule has 0 aromatic heterocycles. The van der Waals surface area contributed by atoms with Crippen LogP contribution in [0.15, 0.2) is 12.0 Å². The van der Waals surface area contributed by atoms with E-state index in [0.717, 1.165) is 13.2 Å². The molecule has 1 N–H and O–H groups in total. The largest absolute Gasteiger partial charge is 0.464 e. The molecular weight excluding hydrogens is 231 g/mol. The Morgan fingerprint density at radius 3 is 2.71 bits per heavy atom. The van der Waals surface area contributed by atoms with E-state index in [9.17, 15) is 14.3 Å². The first-order valence-electron chi connectivity index (χ1n) is 5.32. The maximum absolute atomic E-state index is 14.1. The number of rotatable bonds is 4. The van der Waals surface area contributed by atoms with Crippen molar-refractivity contribution < 1.29 is 28.5 Å². The van der Waals surface area contributed by atoms with Crippen LogP contribution >= 0.6 is 0 Å². The topological polar surface area (TPSA) is 65.0 Å². The van der Waals surface area contributed by atoms with Gasteiger partial charge in [0.1, 0.15) is 6.26 Å². The molecule has 1 heterocycles. The Morgan fingerprint density at radius 1 is 1.71 bits per heavy atom. The van der Waals surface area contributed by atoms with E-state index >= 15 is 0 Å². The molecule has 0 aliphatic carbocycles. The summed E-state index contributed by atoms with van der Waals surface area (Å²) in [7, 11) is 0. The van der Waals surface area contributed by atoms with Gasteiger partial charge in [0.15, 0.2) is 11.9 Å². The number of hydrogen-bond acceptors (Lipinski definition) is 5. The molecule has 0 aromatic rings. The van der Waals surface area contributed by atoms with Crippen LogP contribution in [0, 0.1) is 0 Å². The van der Waals surface area contributed by atoms with Crippen molar-refractivity contribution in [3.05, 3.63) is 12.0 Å². The molecule has 2 atom stereocenters. The number of aliphatic hydroxyl groups excluding tert-OH is 1. The highest BCUT2D eigenvalue weighted by Crippen LogP contribution is 2.32. The Kier molecular flexibility index (Phi) is 3.66. The first-order valence-corrected chi connectivity index (χ1v) is 5.32. The van der Waals surface area contributed by atoms with Crippen molar-refractivity contribution in [1.29, 1.82) is 0 Å². The number of aliphatic hydroxyl groups is 1.